The summed E-state index contributed by atoms with van der Waals surface area (Å²) in [6, 6.07) is 21.5. The minimum Gasteiger partial charge on any atom is -0.454 e. The first-order chi connectivity index (χ1) is 17.2. The molecule has 0 radical (unpaired) electrons. The Morgan fingerprint density at radius 2 is 1.77 bits per heavy atom. The number of esters is 1. The molecule has 1 aromatic heterocycles. The second-order valence-corrected chi connectivity index (χ2v) is 8.37. The number of rotatable bonds is 8. The van der Waals surface area contributed by atoms with Gasteiger partial charge in [0.15, 0.2) is 18.1 Å². The van der Waals surface area contributed by atoms with Crippen LogP contribution in [0.2, 0.25) is 0 Å². The van der Waals surface area contributed by atoms with Gasteiger partial charge < -0.3 is 24.1 Å². The van der Waals surface area contributed by atoms with Crippen LogP contribution in [0.5, 0.6) is 11.5 Å². The molecule has 0 saturated heterocycles. The molecule has 0 bridgehead atoms. The molecule has 176 valence electrons. The van der Waals surface area contributed by atoms with E-state index in [0.717, 1.165) is 5.56 Å². The van der Waals surface area contributed by atoms with Gasteiger partial charge >= 0.3 is 5.97 Å². The number of fused-ring (bicyclic) bond motifs is 1. The van der Waals surface area contributed by atoms with E-state index >= 15 is 0 Å². The van der Waals surface area contributed by atoms with Crippen molar-refractivity contribution in [3.63, 3.8) is 0 Å². The van der Waals surface area contributed by atoms with Gasteiger partial charge in [0.25, 0.3) is 5.89 Å². The third-order valence-corrected chi connectivity index (χ3v) is 6.02. The lowest BCUT2D eigenvalue weighted by atomic mass is 10.2. The fourth-order valence-electron chi connectivity index (χ4n) is 3.30. The molecule has 1 aliphatic heterocycles. The molecular weight excluding hydrogens is 470 g/mol. The Morgan fingerprint density at radius 1 is 0.971 bits per heavy atom. The number of nitrogens with zero attached hydrogens (tertiary/aromatic N) is 2. The van der Waals surface area contributed by atoms with E-state index in [4.69, 9.17) is 18.7 Å². The molecule has 0 saturated carbocycles. The number of ether oxygens (including phenoxy) is 3. The van der Waals surface area contributed by atoms with Gasteiger partial charge in [-0.2, -0.15) is 4.98 Å². The highest BCUT2D eigenvalue weighted by atomic mass is 32.2. The maximum Gasteiger partial charge on any atom is 0.339 e. The quantitative estimate of drug-likeness (QED) is 0.281. The number of hydrogen-bond donors (Lipinski definition) is 1. The molecule has 4 aromatic rings. The molecule has 1 aliphatic rings. The topological polar surface area (TPSA) is 113 Å². The number of amides is 1. The lowest BCUT2D eigenvalue weighted by molar-refractivity contribution is -0.113. The van der Waals surface area contributed by atoms with E-state index in [2.05, 4.69) is 15.5 Å². The predicted molar refractivity (Wildman–Crippen MR) is 127 cm³/mol. The Labute approximate surface area is 204 Å². The van der Waals surface area contributed by atoms with Gasteiger partial charge in [-0.3, -0.25) is 4.79 Å². The van der Waals surface area contributed by atoms with Crippen LogP contribution < -0.4 is 14.8 Å². The van der Waals surface area contributed by atoms with Crippen molar-refractivity contribution in [1.29, 1.82) is 0 Å². The van der Waals surface area contributed by atoms with Crippen molar-refractivity contribution in [1.82, 2.24) is 10.1 Å². The van der Waals surface area contributed by atoms with Crippen molar-refractivity contribution < 1.29 is 28.3 Å². The molecule has 3 aromatic carbocycles. The SMILES string of the molecule is O=C(CSc1ccccc1C(=O)OCc1nc(-c2ccccc2)no1)Nc1ccc2c(c1)OCO2. The Hall–Kier alpha value is -4.31. The van der Waals surface area contributed by atoms with Gasteiger partial charge in [-0.05, 0) is 24.3 Å². The van der Waals surface area contributed by atoms with E-state index in [1.54, 1.807) is 42.5 Å². The molecule has 9 nitrogen and oxygen atoms in total. The molecule has 1 amide bonds. The zero-order chi connectivity index (χ0) is 24.0. The highest BCUT2D eigenvalue weighted by molar-refractivity contribution is 8.00. The van der Waals surface area contributed by atoms with Crippen LogP contribution in [-0.2, 0) is 16.1 Å². The number of anilines is 1. The Morgan fingerprint density at radius 3 is 2.66 bits per heavy atom. The van der Waals surface area contributed by atoms with E-state index in [0.29, 0.717) is 33.5 Å². The van der Waals surface area contributed by atoms with Gasteiger partial charge in [0, 0.05) is 22.2 Å². The average molecular weight is 490 g/mol. The first-order valence-corrected chi connectivity index (χ1v) is 11.6. The van der Waals surface area contributed by atoms with Crippen LogP contribution in [0.4, 0.5) is 5.69 Å². The zero-order valence-corrected chi connectivity index (χ0v) is 19.1. The molecule has 35 heavy (non-hydrogen) atoms. The van der Waals surface area contributed by atoms with Crippen LogP contribution in [-0.4, -0.2) is 34.6 Å². The van der Waals surface area contributed by atoms with E-state index in [1.807, 2.05) is 30.3 Å². The number of aromatic nitrogens is 2. The molecule has 0 atom stereocenters. The second-order valence-electron chi connectivity index (χ2n) is 7.35. The highest BCUT2D eigenvalue weighted by Crippen LogP contribution is 2.34. The first-order valence-electron chi connectivity index (χ1n) is 10.6. The van der Waals surface area contributed by atoms with Crippen molar-refractivity contribution >= 4 is 29.3 Å². The number of benzene rings is 3. The van der Waals surface area contributed by atoms with Gasteiger partial charge in [-0.15, -0.1) is 11.8 Å². The minimum atomic E-state index is -0.552. The molecule has 0 fully saturated rings. The van der Waals surface area contributed by atoms with E-state index < -0.39 is 5.97 Å². The van der Waals surface area contributed by atoms with E-state index in [9.17, 15) is 9.59 Å². The predicted octanol–water partition coefficient (Wildman–Crippen LogP) is 4.55. The van der Waals surface area contributed by atoms with E-state index in [-0.39, 0.29) is 31.0 Å². The second kappa shape index (κ2) is 10.3. The molecule has 10 heteroatoms. The lowest BCUT2D eigenvalue weighted by Crippen LogP contribution is -2.14. The van der Waals surface area contributed by atoms with Crippen LogP contribution in [0.25, 0.3) is 11.4 Å². The molecule has 1 N–H and O–H groups in total. The average Bonchev–Trinajstić information content (AvgIpc) is 3.56. The van der Waals surface area contributed by atoms with Crippen molar-refractivity contribution in [2.45, 2.75) is 11.5 Å². The number of thioether (sulfide) groups is 1. The summed E-state index contributed by atoms with van der Waals surface area (Å²) in [5.74, 6) is 1.15. The molecule has 2 heterocycles. The molecule has 5 rings (SSSR count). The van der Waals surface area contributed by atoms with Crippen LogP contribution in [0, 0.1) is 0 Å². The molecular formula is C25H19N3O6S. The summed E-state index contributed by atoms with van der Waals surface area (Å²) < 4.78 is 21.2. The zero-order valence-electron chi connectivity index (χ0n) is 18.3. The normalized spacial score (nSPS) is 11.8. The Balaban J connectivity index is 1.17. The smallest absolute Gasteiger partial charge is 0.339 e. The van der Waals surface area contributed by atoms with Crippen molar-refractivity contribution in [2.75, 3.05) is 17.9 Å². The van der Waals surface area contributed by atoms with Gasteiger partial charge in [-0.1, -0.05) is 47.6 Å². The number of carbonyl (C=O) groups excluding carboxylic acids is 2. The Kier molecular flexibility index (Phi) is 6.62. The summed E-state index contributed by atoms with van der Waals surface area (Å²) in [5.41, 5.74) is 1.74. The van der Waals surface area contributed by atoms with Gasteiger partial charge in [0.2, 0.25) is 18.5 Å². The summed E-state index contributed by atoms with van der Waals surface area (Å²) in [5, 5.41) is 6.73. The first kappa shape index (κ1) is 22.5. The largest absolute Gasteiger partial charge is 0.454 e. The third kappa shape index (κ3) is 5.44. The maximum absolute atomic E-state index is 12.7. The fraction of sp³-hybridized carbons (Fsp3) is 0.120. The molecule has 0 unspecified atom stereocenters. The highest BCUT2D eigenvalue weighted by Gasteiger charge is 2.17. The lowest BCUT2D eigenvalue weighted by Gasteiger charge is -2.09. The number of hydrogen-bond acceptors (Lipinski definition) is 9. The summed E-state index contributed by atoms with van der Waals surface area (Å²) in [6.45, 7) is -0.00157. The van der Waals surface area contributed by atoms with E-state index in [1.165, 1.54) is 11.8 Å². The van der Waals surface area contributed by atoms with Crippen LogP contribution in [0.15, 0.2) is 82.2 Å². The number of carbonyl (C=O) groups is 2. The molecule has 0 aliphatic carbocycles. The maximum atomic E-state index is 12.7. The van der Waals surface area contributed by atoms with Crippen molar-refractivity contribution in [3.8, 4) is 22.9 Å². The monoisotopic (exact) mass is 489 g/mol. The summed E-state index contributed by atoms with van der Waals surface area (Å²) >= 11 is 1.23. The standard InChI is InChI=1S/C25H19N3O6S/c29-22(26-17-10-11-19-20(12-17)33-15-32-19)14-35-21-9-5-4-8-18(21)25(30)31-13-23-27-24(28-34-23)16-6-2-1-3-7-16/h1-12H,13-15H2,(H,26,29). The Bertz CT molecular complexity index is 1360. The summed E-state index contributed by atoms with van der Waals surface area (Å²) in [4.78, 5) is 30.0. The third-order valence-electron chi connectivity index (χ3n) is 4.95. The van der Waals surface area contributed by atoms with Crippen LogP contribution in [0.3, 0.4) is 0 Å². The summed E-state index contributed by atoms with van der Waals surface area (Å²) in [6.07, 6.45) is 0. The number of nitrogens with one attached hydrogen (secondary N) is 1. The van der Waals surface area contributed by atoms with Crippen molar-refractivity contribution in [3.05, 3.63) is 84.3 Å². The van der Waals surface area contributed by atoms with Gasteiger partial charge in [0.05, 0.1) is 11.3 Å². The van der Waals surface area contributed by atoms with Gasteiger partial charge in [0.1, 0.15) is 0 Å². The fourth-order valence-corrected chi connectivity index (χ4v) is 4.14. The minimum absolute atomic E-state index is 0.100. The van der Waals surface area contributed by atoms with Crippen LogP contribution >= 0.6 is 11.8 Å². The van der Waals surface area contributed by atoms with Gasteiger partial charge in [-0.25, -0.2) is 4.79 Å². The summed E-state index contributed by atoms with van der Waals surface area (Å²) in [7, 11) is 0. The molecule has 0 spiro atoms. The van der Waals surface area contributed by atoms with Crippen molar-refractivity contribution in [2.24, 2.45) is 0 Å². The van der Waals surface area contributed by atoms with Crippen LogP contribution in [0.1, 0.15) is 16.2 Å².